The third kappa shape index (κ3) is 2.32. The van der Waals surface area contributed by atoms with Crippen molar-refractivity contribution in [2.45, 2.75) is 33.4 Å². The topological polar surface area (TPSA) is 108 Å². The molecule has 1 aliphatic rings. The Morgan fingerprint density at radius 2 is 2.19 bits per heavy atom. The molecular weight excluding hydrogens is 346 g/mol. The summed E-state index contributed by atoms with van der Waals surface area (Å²) >= 11 is 0. The van der Waals surface area contributed by atoms with Crippen LogP contribution in [0.3, 0.4) is 0 Å². The lowest BCUT2D eigenvalue weighted by Crippen LogP contribution is -2.06. The number of benzene rings is 1. The zero-order valence-electron chi connectivity index (χ0n) is 14.9. The first-order valence-electron chi connectivity index (χ1n) is 8.73. The van der Waals surface area contributed by atoms with E-state index in [1.165, 1.54) is 0 Å². The molecule has 0 saturated carbocycles. The fourth-order valence-corrected chi connectivity index (χ4v) is 3.52. The van der Waals surface area contributed by atoms with Gasteiger partial charge in [0.1, 0.15) is 6.33 Å². The molecule has 0 amide bonds. The van der Waals surface area contributed by atoms with Crippen LogP contribution in [0, 0.1) is 6.92 Å². The lowest BCUT2D eigenvalue weighted by molar-refractivity contribution is 0.282. The van der Waals surface area contributed by atoms with Gasteiger partial charge in [-0.05, 0) is 31.0 Å². The molecule has 0 aliphatic carbocycles. The maximum Gasteiger partial charge on any atom is 0.278 e. The minimum Gasteiger partial charge on any atom is -0.392 e. The second-order valence-electron chi connectivity index (χ2n) is 6.46. The molecule has 0 spiro atoms. The van der Waals surface area contributed by atoms with Gasteiger partial charge in [-0.3, -0.25) is 4.57 Å². The SMILES string of the molecule is CCc1nnn2c1-c1cc(CO)ccc1-n1cnc(-c3nc(C)no3)c1C2. The van der Waals surface area contributed by atoms with Gasteiger partial charge < -0.3 is 9.63 Å². The highest BCUT2D eigenvalue weighted by Crippen LogP contribution is 2.36. The van der Waals surface area contributed by atoms with Gasteiger partial charge in [0.15, 0.2) is 11.5 Å². The van der Waals surface area contributed by atoms with Gasteiger partial charge in [0.05, 0.1) is 35.9 Å². The summed E-state index contributed by atoms with van der Waals surface area (Å²) in [5.41, 5.74) is 6.15. The summed E-state index contributed by atoms with van der Waals surface area (Å²) in [7, 11) is 0. The van der Waals surface area contributed by atoms with Gasteiger partial charge in [-0.25, -0.2) is 9.67 Å². The molecule has 9 nitrogen and oxygen atoms in total. The Hall–Kier alpha value is -3.33. The molecule has 1 N–H and O–H groups in total. The maximum atomic E-state index is 9.60. The maximum absolute atomic E-state index is 9.60. The van der Waals surface area contributed by atoms with Crippen LogP contribution in [0.2, 0.25) is 0 Å². The number of aromatic nitrogens is 7. The molecule has 136 valence electrons. The van der Waals surface area contributed by atoms with Crippen molar-refractivity contribution in [3.8, 4) is 28.5 Å². The molecule has 3 aromatic heterocycles. The van der Waals surface area contributed by atoms with Crippen LogP contribution in [0.5, 0.6) is 0 Å². The van der Waals surface area contributed by atoms with E-state index in [-0.39, 0.29) is 6.61 Å². The zero-order valence-corrected chi connectivity index (χ0v) is 14.9. The molecule has 0 radical (unpaired) electrons. The van der Waals surface area contributed by atoms with Crippen LogP contribution >= 0.6 is 0 Å². The van der Waals surface area contributed by atoms with Crippen molar-refractivity contribution in [2.24, 2.45) is 0 Å². The predicted molar refractivity (Wildman–Crippen MR) is 95.0 cm³/mol. The van der Waals surface area contributed by atoms with E-state index in [2.05, 4.69) is 32.4 Å². The highest BCUT2D eigenvalue weighted by atomic mass is 16.5. The van der Waals surface area contributed by atoms with Gasteiger partial charge in [0.25, 0.3) is 5.89 Å². The van der Waals surface area contributed by atoms with Crippen LogP contribution in [0.1, 0.15) is 29.7 Å². The van der Waals surface area contributed by atoms with E-state index in [0.717, 1.165) is 40.3 Å². The van der Waals surface area contributed by atoms with Gasteiger partial charge >= 0.3 is 0 Å². The summed E-state index contributed by atoms with van der Waals surface area (Å²) in [5.74, 6) is 0.942. The van der Waals surface area contributed by atoms with Gasteiger partial charge in [0, 0.05) is 5.56 Å². The van der Waals surface area contributed by atoms with Crippen molar-refractivity contribution in [2.75, 3.05) is 0 Å². The van der Waals surface area contributed by atoms with Crippen LogP contribution in [-0.4, -0.2) is 39.8 Å². The first-order valence-corrected chi connectivity index (χ1v) is 8.73. The molecule has 4 heterocycles. The number of aryl methyl sites for hydroxylation is 2. The number of hydrogen-bond acceptors (Lipinski definition) is 7. The van der Waals surface area contributed by atoms with Crippen molar-refractivity contribution in [3.05, 3.63) is 47.3 Å². The van der Waals surface area contributed by atoms with Crippen LogP contribution in [-0.2, 0) is 19.6 Å². The number of rotatable bonds is 3. The number of fused-ring (bicyclic) bond motifs is 5. The van der Waals surface area contributed by atoms with E-state index in [1.54, 1.807) is 13.3 Å². The summed E-state index contributed by atoms with van der Waals surface area (Å²) in [6.45, 7) is 4.28. The Labute approximate surface area is 154 Å². The van der Waals surface area contributed by atoms with Crippen molar-refractivity contribution in [3.63, 3.8) is 0 Å². The fraction of sp³-hybridized carbons (Fsp3) is 0.278. The number of nitrogens with zero attached hydrogens (tertiary/aromatic N) is 7. The van der Waals surface area contributed by atoms with Gasteiger partial charge in [-0.2, -0.15) is 4.98 Å². The highest BCUT2D eigenvalue weighted by Gasteiger charge is 2.27. The Bertz CT molecular complexity index is 1150. The van der Waals surface area contributed by atoms with Crippen LogP contribution in [0.15, 0.2) is 29.0 Å². The Kier molecular flexibility index (Phi) is 3.44. The first kappa shape index (κ1) is 15.9. The number of imidazole rings is 1. The zero-order chi connectivity index (χ0) is 18.5. The molecule has 27 heavy (non-hydrogen) atoms. The average Bonchev–Trinajstić information content (AvgIpc) is 3.38. The Morgan fingerprint density at radius 3 is 2.93 bits per heavy atom. The molecule has 4 aromatic rings. The number of aliphatic hydroxyl groups is 1. The summed E-state index contributed by atoms with van der Waals surface area (Å²) in [4.78, 5) is 8.84. The van der Waals surface area contributed by atoms with Crippen LogP contribution in [0.25, 0.3) is 28.5 Å². The van der Waals surface area contributed by atoms with Gasteiger partial charge in [-0.15, -0.1) is 5.10 Å². The molecule has 9 heteroatoms. The van der Waals surface area contributed by atoms with Crippen LogP contribution in [0.4, 0.5) is 0 Å². The molecule has 1 aromatic carbocycles. The van der Waals surface area contributed by atoms with E-state index in [4.69, 9.17) is 4.52 Å². The Balaban J connectivity index is 1.80. The Morgan fingerprint density at radius 1 is 1.30 bits per heavy atom. The third-order valence-electron chi connectivity index (χ3n) is 4.79. The average molecular weight is 363 g/mol. The minimum absolute atomic E-state index is 0.0282. The molecule has 5 rings (SSSR count). The molecule has 0 bridgehead atoms. The van der Waals surface area contributed by atoms with Crippen molar-refractivity contribution >= 4 is 0 Å². The largest absolute Gasteiger partial charge is 0.392 e. The fourth-order valence-electron chi connectivity index (χ4n) is 3.52. The number of hydrogen-bond donors (Lipinski definition) is 1. The lowest BCUT2D eigenvalue weighted by atomic mass is 10.0. The molecule has 0 saturated heterocycles. The van der Waals surface area contributed by atoms with E-state index in [9.17, 15) is 5.11 Å². The van der Waals surface area contributed by atoms with Crippen molar-refractivity contribution < 1.29 is 9.63 Å². The second-order valence-corrected chi connectivity index (χ2v) is 6.46. The van der Waals surface area contributed by atoms with Gasteiger partial charge in [0.2, 0.25) is 0 Å². The van der Waals surface area contributed by atoms with Gasteiger partial charge in [-0.1, -0.05) is 23.4 Å². The van der Waals surface area contributed by atoms with E-state index < -0.39 is 0 Å². The van der Waals surface area contributed by atoms with Crippen LogP contribution < -0.4 is 0 Å². The first-order chi connectivity index (χ1) is 13.2. The molecular formula is C18H17N7O2. The van der Waals surface area contributed by atoms with Crippen molar-refractivity contribution in [1.29, 1.82) is 0 Å². The number of aliphatic hydroxyl groups excluding tert-OH is 1. The minimum atomic E-state index is -0.0282. The molecule has 0 atom stereocenters. The smallest absolute Gasteiger partial charge is 0.278 e. The standard InChI is InChI=1S/C18H17N7O2/c1-3-13-17-12-6-11(8-26)4-5-14(12)24-9-19-16(18-20-10(2)22-27-18)15(24)7-25(17)23-21-13/h4-6,9,26H,3,7-8H2,1-2H3. The summed E-state index contributed by atoms with van der Waals surface area (Å²) in [5, 5.41) is 22.2. The lowest BCUT2D eigenvalue weighted by Gasteiger charge is -2.11. The third-order valence-corrected chi connectivity index (χ3v) is 4.79. The van der Waals surface area contributed by atoms with Crippen molar-refractivity contribution in [1.82, 2.24) is 34.7 Å². The summed E-state index contributed by atoms with van der Waals surface area (Å²) in [6.07, 6.45) is 2.52. The molecule has 0 unspecified atom stereocenters. The quantitative estimate of drug-likeness (QED) is 0.521. The molecule has 1 aliphatic heterocycles. The summed E-state index contributed by atoms with van der Waals surface area (Å²) < 4.78 is 9.22. The monoisotopic (exact) mass is 363 g/mol. The molecule has 0 fully saturated rings. The predicted octanol–water partition coefficient (Wildman–Crippen LogP) is 1.91. The van der Waals surface area contributed by atoms with E-state index in [1.807, 2.05) is 27.4 Å². The normalized spacial score (nSPS) is 12.4. The second kappa shape index (κ2) is 5.85. The highest BCUT2D eigenvalue weighted by molar-refractivity contribution is 5.75. The van der Waals surface area contributed by atoms with E-state index in [0.29, 0.717) is 24.0 Å². The van der Waals surface area contributed by atoms with E-state index >= 15 is 0 Å². The summed E-state index contributed by atoms with van der Waals surface area (Å²) in [6, 6.07) is 5.87.